The van der Waals surface area contributed by atoms with Gasteiger partial charge < -0.3 is 24.1 Å². The van der Waals surface area contributed by atoms with E-state index in [4.69, 9.17) is 18.7 Å². The number of ether oxygens (including phenoxy) is 3. The molecule has 2 N–H and O–H groups in total. The van der Waals surface area contributed by atoms with Crippen LogP contribution in [0.25, 0.3) is 10.9 Å². The monoisotopic (exact) mass is 476 g/mol. The maximum absolute atomic E-state index is 12.5. The third-order valence-electron chi connectivity index (χ3n) is 5.12. The Kier molecular flexibility index (Phi) is 6.77. The van der Waals surface area contributed by atoms with Gasteiger partial charge in [-0.1, -0.05) is 32.0 Å². The predicted molar refractivity (Wildman–Crippen MR) is 134 cm³/mol. The number of nitrogens with one attached hydrogen (secondary N) is 2. The third kappa shape index (κ3) is 5.63. The van der Waals surface area contributed by atoms with Crippen molar-refractivity contribution in [2.75, 3.05) is 24.4 Å². The van der Waals surface area contributed by atoms with Gasteiger partial charge in [0, 0.05) is 40.9 Å². The quantitative estimate of drug-likeness (QED) is 0.319. The highest BCUT2D eigenvalue weighted by Gasteiger charge is 2.20. The number of aromatic nitrogens is 2. The number of methoxy groups -OCH3 is 1. The molecule has 9 heteroatoms. The van der Waals surface area contributed by atoms with E-state index in [0.29, 0.717) is 40.8 Å². The first-order chi connectivity index (χ1) is 16.8. The van der Waals surface area contributed by atoms with Crippen molar-refractivity contribution < 1.29 is 23.5 Å². The molecule has 0 aliphatic rings. The number of pyridine rings is 1. The Morgan fingerprint density at radius 1 is 1.03 bits per heavy atom. The summed E-state index contributed by atoms with van der Waals surface area (Å²) in [6, 6.07) is 13.7. The van der Waals surface area contributed by atoms with Gasteiger partial charge in [-0.2, -0.15) is 0 Å². The van der Waals surface area contributed by atoms with Crippen LogP contribution in [-0.4, -0.2) is 29.9 Å². The molecule has 2 amide bonds. The highest BCUT2D eigenvalue weighted by Crippen LogP contribution is 2.37. The number of rotatable bonds is 7. The minimum absolute atomic E-state index is 0.183. The van der Waals surface area contributed by atoms with Crippen LogP contribution in [-0.2, 0) is 5.41 Å². The van der Waals surface area contributed by atoms with Gasteiger partial charge in [0.15, 0.2) is 11.5 Å². The van der Waals surface area contributed by atoms with Crippen molar-refractivity contribution >= 4 is 28.5 Å². The van der Waals surface area contributed by atoms with Crippen molar-refractivity contribution in [1.29, 1.82) is 0 Å². The van der Waals surface area contributed by atoms with Gasteiger partial charge in [-0.15, -0.1) is 0 Å². The summed E-state index contributed by atoms with van der Waals surface area (Å²) in [5.74, 6) is 2.61. The zero-order valence-corrected chi connectivity index (χ0v) is 20.3. The zero-order valence-electron chi connectivity index (χ0n) is 20.3. The van der Waals surface area contributed by atoms with Crippen LogP contribution in [0, 0.1) is 0 Å². The Labute approximate surface area is 203 Å². The second-order valence-corrected chi connectivity index (χ2v) is 8.80. The number of amides is 2. The molecule has 0 aliphatic carbocycles. The van der Waals surface area contributed by atoms with Gasteiger partial charge in [-0.25, -0.2) is 4.79 Å². The fourth-order valence-corrected chi connectivity index (χ4v) is 3.37. The van der Waals surface area contributed by atoms with Crippen molar-refractivity contribution in [3.8, 4) is 23.0 Å². The van der Waals surface area contributed by atoms with Crippen LogP contribution in [0.3, 0.4) is 0 Å². The maximum Gasteiger partial charge on any atom is 0.326 e. The molecule has 0 fully saturated rings. The first kappa shape index (κ1) is 23.9. The van der Waals surface area contributed by atoms with E-state index in [1.165, 1.54) is 0 Å². The Hall–Kier alpha value is -4.27. The van der Waals surface area contributed by atoms with Gasteiger partial charge in [0.2, 0.25) is 5.88 Å². The Bertz CT molecular complexity index is 1340. The lowest BCUT2D eigenvalue weighted by molar-refractivity contribution is 0.261. The number of carbonyl (C=O) groups is 1. The number of urea groups is 1. The van der Waals surface area contributed by atoms with Crippen molar-refractivity contribution in [3.05, 3.63) is 60.4 Å². The minimum Gasteiger partial charge on any atom is -0.493 e. The van der Waals surface area contributed by atoms with E-state index in [2.05, 4.69) is 20.8 Å². The van der Waals surface area contributed by atoms with Crippen molar-refractivity contribution in [3.63, 3.8) is 0 Å². The summed E-state index contributed by atoms with van der Waals surface area (Å²) >= 11 is 0. The van der Waals surface area contributed by atoms with E-state index in [0.717, 1.165) is 11.1 Å². The first-order valence-electron chi connectivity index (χ1n) is 11.2. The SMILES string of the molecule is CCOc1cc2c(Oc3cccc(NC(=O)Nc4cc(C(C)(C)C)no4)c3)ccnc2cc1OC. The highest BCUT2D eigenvalue weighted by molar-refractivity contribution is 5.99. The molecule has 0 unspecified atom stereocenters. The van der Waals surface area contributed by atoms with Gasteiger partial charge in [0.05, 0.1) is 24.9 Å². The number of hydrogen-bond acceptors (Lipinski definition) is 7. The molecule has 2 aromatic heterocycles. The van der Waals surface area contributed by atoms with Crippen LogP contribution in [0.2, 0.25) is 0 Å². The summed E-state index contributed by atoms with van der Waals surface area (Å²) in [4.78, 5) is 16.9. The molecule has 0 atom stereocenters. The van der Waals surface area contributed by atoms with Gasteiger partial charge in [-0.05, 0) is 31.2 Å². The second-order valence-electron chi connectivity index (χ2n) is 8.80. The minimum atomic E-state index is -0.457. The summed E-state index contributed by atoms with van der Waals surface area (Å²) in [6.07, 6.45) is 1.66. The van der Waals surface area contributed by atoms with Crippen LogP contribution in [0.15, 0.2) is 59.3 Å². The Morgan fingerprint density at radius 3 is 2.57 bits per heavy atom. The van der Waals surface area contributed by atoms with Gasteiger partial charge in [0.1, 0.15) is 11.5 Å². The molecule has 0 saturated heterocycles. The largest absolute Gasteiger partial charge is 0.493 e. The van der Waals surface area contributed by atoms with Crippen molar-refractivity contribution in [2.45, 2.75) is 33.1 Å². The van der Waals surface area contributed by atoms with Crippen molar-refractivity contribution in [2.24, 2.45) is 0 Å². The van der Waals surface area contributed by atoms with Crippen molar-refractivity contribution in [1.82, 2.24) is 10.1 Å². The standard InChI is InChI=1S/C26H28N4O5/c1-6-33-22-13-18-19(14-21(22)32-5)27-11-10-20(18)34-17-9-7-8-16(12-17)28-25(31)29-24-15-23(30-35-24)26(2,3)4/h7-15H,6H2,1-5H3,(H2,28,29,31). The second kappa shape index (κ2) is 9.92. The summed E-state index contributed by atoms with van der Waals surface area (Å²) in [7, 11) is 1.59. The Morgan fingerprint density at radius 2 is 1.86 bits per heavy atom. The predicted octanol–water partition coefficient (Wildman–Crippen LogP) is 6.36. The topological polar surface area (TPSA) is 108 Å². The molecule has 0 radical (unpaired) electrons. The summed E-state index contributed by atoms with van der Waals surface area (Å²) in [6.45, 7) is 8.45. The lowest BCUT2D eigenvalue weighted by Crippen LogP contribution is -2.19. The third-order valence-corrected chi connectivity index (χ3v) is 5.12. The molecule has 0 spiro atoms. The molecule has 2 aromatic carbocycles. The number of fused-ring (bicyclic) bond motifs is 1. The van der Waals surface area contributed by atoms with Gasteiger partial charge in [0.25, 0.3) is 0 Å². The number of carbonyl (C=O) groups excluding carboxylic acids is 1. The molecule has 182 valence electrons. The van der Waals surface area contributed by atoms with Gasteiger partial charge >= 0.3 is 6.03 Å². The van der Waals surface area contributed by atoms with E-state index in [-0.39, 0.29) is 11.3 Å². The summed E-state index contributed by atoms with van der Waals surface area (Å²) in [5, 5.41) is 10.2. The molecular weight excluding hydrogens is 448 g/mol. The number of benzene rings is 2. The number of hydrogen-bond donors (Lipinski definition) is 2. The average molecular weight is 477 g/mol. The first-order valence-corrected chi connectivity index (χ1v) is 11.2. The number of anilines is 2. The molecule has 0 aliphatic heterocycles. The van der Waals surface area contributed by atoms with Crippen LogP contribution in [0.1, 0.15) is 33.4 Å². The van der Waals surface area contributed by atoms with Crippen LogP contribution < -0.4 is 24.8 Å². The fourth-order valence-electron chi connectivity index (χ4n) is 3.37. The van der Waals surface area contributed by atoms with E-state index in [1.807, 2.05) is 39.8 Å². The molecular formula is C26H28N4O5. The molecule has 35 heavy (non-hydrogen) atoms. The highest BCUT2D eigenvalue weighted by atomic mass is 16.5. The number of nitrogens with zero attached hydrogens (tertiary/aromatic N) is 2. The fraction of sp³-hybridized carbons (Fsp3) is 0.269. The summed E-state index contributed by atoms with van der Waals surface area (Å²) in [5.41, 5.74) is 1.82. The maximum atomic E-state index is 12.5. The van der Waals surface area contributed by atoms with E-state index < -0.39 is 6.03 Å². The molecule has 2 heterocycles. The van der Waals surface area contributed by atoms with E-state index in [1.54, 1.807) is 49.7 Å². The van der Waals surface area contributed by atoms with E-state index in [9.17, 15) is 4.79 Å². The molecule has 4 rings (SSSR count). The molecule has 4 aromatic rings. The zero-order chi connectivity index (χ0) is 25.0. The smallest absolute Gasteiger partial charge is 0.326 e. The molecule has 9 nitrogen and oxygen atoms in total. The average Bonchev–Trinajstić information content (AvgIpc) is 3.28. The molecule has 0 saturated carbocycles. The normalized spacial score (nSPS) is 11.2. The van der Waals surface area contributed by atoms with Crippen LogP contribution >= 0.6 is 0 Å². The lowest BCUT2D eigenvalue weighted by atomic mass is 9.92. The molecule has 0 bridgehead atoms. The van der Waals surface area contributed by atoms with E-state index >= 15 is 0 Å². The summed E-state index contributed by atoms with van der Waals surface area (Å²) < 4.78 is 22.5. The van der Waals surface area contributed by atoms with Gasteiger partial charge in [-0.3, -0.25) is 10.3 Å². The lowest BCUT2D eigenvalue weighted by Gasteiger charge is -2.14. The van der Waals surface area contributed by atoms with Crippen LogP contribution in [0.5, 0.6) is 23.0 Å². The Balaban J connectivity index is 1.51. The van der Waals surface area contributed by atoms with Crippen LogP contribution in [0.4, 0.5) is 16.4 Å².